The van der Waals surface area contributed by atoms with Crippen LogP contribution in [0.4, 0.5) is 18.9 Å². The zero-order valence-corrected chi connectivity index (χ0v) is 9.47. The van der Waals surface area contributed by atoms with Crippen molar-refractivity contribution in [3.8, 4) is 0 Å². The van der Waals surface area contributed by atoms with Gasteiger partial charge in [0.1, 0.15) is 0 Å². The normalized spacial score (nSPS) is 10.9. The summed E-state index contributed by atoms with van der Waals surface area (Å²) in [6, 6.07) is 5.82. The second kappa shape index (κ2) is 5.52. The Morgan fingerprint density at radius 2 is 1.83 bits per heavy atom. The molecule has 7 heteroatoms. The Labute approximate surface area is 101 Å². The van der Waals surface area contributed by atoms with Crippen molar-refractivity contribution in [3.05, 3.63) is 29.8 Å². The molecule has 0 spiro atoms. The Bertz CT molecular complexity index is 458. The summed E-state index contributed by atoms with van der Waals surface area (Å²) in [6.07, 6.45) is -5.06. The Hall–Kier alpha value is -2.05. The number of carbonyl (C=O) groups is 2. The number of anilines is 1. The smallest absolute Gasteiger partial charge is 0.359 e. The maximum atomic E-state index is 12.1. The third-order valence-corrected chi connectivity index (χ3v) is 2.15. The van der Waals surface area contributed by atoms with Crippen LogP contribution in [0.25, 0.3) is 0 Å². The lowest BCUT2D eigenvalue weighted by atomic mass is 10.1. The predicted octanol–water partition coefficient (Wildman–Crippen LogP) is 1.48. The molecule has 0 unspecified atom stereocenters. The van der Waals surface area contributed by atoms with Crippen molar-refractivity contribution in [1.29, 1.82) is 0 Å². The minimum absolute atomic E-state index is 0.0246. The number of amides is 2. The molecule has 2 amide bonds. The Balaban J connectivity index is 2.89. The molecule has 0 bridgehead atoms. The second-order valence-corrected chi connectivity index (χ2v) is 3.46. The summed E-state index contributed by atoms with van der Waals surface area (Å²) in [5.41, 5.74) is 0.290. The average molecular weight is 260 g/mol. The number of nitrogens with one attached hydrogen (secondary N) is 2. The summed E-state index contributed by atoms with van der Waals surface area (Å²) < 4.78 is 36.3. The minimum Gasteiger partial charge on any atom is -0.359 e. The van der Waals surface area contributed by atoms with E-state index in [1.54, 1.807) is 11.4 Å². The van der Waals surface area contributed by atoms with Gasteiger partial charge in [0, 0.05) is 12.7 Å². The minimum atomic E-state index is -4.96. The fraction of sp³-hybridized carbons (Fsp3) is 0.273. The van der Waals surface area contributed by atoms with Crippen LogP contribution < -0.4 is 10.6 Å². The summed E-state index contributed by atoms with van der Waals surface area (Å²) in [4.78, 5) is 22.0. The molecule has 1 aromatic rings. The number of hydrogen-bond donors (Lipinski definition) is 2. The molecule has 0 heterocycles. The van der Waals surface area contributed by atoms with Crippen LogP contribution in [0.5, 0.6) is 0 Å². The number of para-hydroxylation sites is 1. The van der Waals surface area contributed by atoms with Gasteiger partial charge in [0.25, 0.3) is 0 Å². The molecule has 0 saturated carbocycles. The van der Waals surface area contributed by atoms with Gasteiger partial charge in [0.15, 0.2) is 0 Å². The van der Waals surface area contributed by atoms with Gasteiger partial charge in [-0.1, -0.05) is 18.2 Å². The fourth-order valence-corrected chi connectivity index (χ4v) is 1.25. The monoisotopic (exact) mass is 260 g/mol. The Kier molecular flexibility index (Phi) is 4.30. The van der Waals surface area contributed by atoms with E-state index in [-0.39, 0.29) is 18.0 Å². The Morgan fingerprint density at radius 1 is 1.22 bits per heavy atom. The van der Waals surface area contributed by atoms with Crippen LogP contribution in [-0.2, 0) is 16.0 Å². The lowest BCUT2D eigenvalue weighted by molar-refractivity contribution is -0.167. The van der Waals surface area contributed by atoms with Gasteiger partial charge in [-0.3, -0.25) is 9.59 Å². The molecule has 0 aromatic heterocycles. The topological polar surface area (TPSA) is 58.2 Å². The van der Waals surface area contributed by atoms with E-state index < -0.39 is 12.1 Å². The van der Waals surface area contributed by atoms with E-state index in [9.17, 15) is 22.8 Å². The summed E-state index contributed by atoms with van der Waals surface area (Å²) >= 11 is 0. The molecule has 0 aliphatic carbocycles. The second-order valence-electron chi connectivity index (χ2n) is 3.46. The largest absolute Gasteiger partial charge is 0.471 e. The van der Waals surface area contributed by atoms with E-state index in [4.69, 9.17) is 0 Å². The number of likely N-dealkylation sites (N-methyl/N-ethyl adjacent to an activating group) is 1. The van der Waals surface area contributed by atoms with Gasteiger partial charge in [0.05, 0.1) is 6.42 Å². The van der Waals surface area contributed by atoms with Crippen molar-refractivity contribution < 1.29 is 22.8 Å². The van der Waals surface area contributed by atoms with Crippen LogP contribution in [0.2, 0.25) is 0 Å². The van der Waals surface area contributed by atoms with E-state index >= 15 is 0 Å². The molecule has 2 N–H and O–H groups in total. The lowest BCUT2D eigenvalue weighted by Crippen LogP contribution is -2.30. The van der Waals surface area contributed by atoms with Crippen LogP contribution in [0, 0.1) is 0 Å². The van der Waals surface area contributed by atoms with Crippen molar-refractivity contribution in [1.82, 2.24) is 5.32 Å². The molecule has 0 fully saturated rings. The number of carbonyl (C=O) groups excluding carboxylic acids is 2. The first-order valence-corrected chi connectivity index (χ1v) is 5.01. The molecule has 1 rings (SSSR count). The van der Waals surface area contributed by atoms with E-state index in [1.807, 2.05) is 0 Å². The van der Waals surface area contributed by atoms with Gasteiger partial charge in [-0.2, -0.15) is 13.2 Å². The molecule has 0 saturated heterocycles. The van der Waals surface area contributed by atoms with Crippen LogP contribution in [0.1, 0.15) is 5.56 Å². The molecule has 4 nitrogen and oxygen atoms in total. The molecule has 0 aliphatic rings. The molecule has 98 valence electrons. The van der Waals surface area contributed by atoms with Gasteiger partial charge >= 0.3 is 12.1 Å². The third-order valence-electron chi connectivity index (χ3n) is 2.15. The van der Waals surface area contributed by atoms with E-state index in [1.165, 1.54) is 25.2 Å². The first-order valence-electron chi connectivity index (χ1n) is 5.01. The predicted molar refractivity (Wildman–Crippen MR) is 58.9 cm³/mol. The maximum absolute atomic E-state index is 12.1. The van der Waals surface area contributed by atoms with Crippen molar-refractivity contribution in [2.45, 2.75) is 12.6 Å². The number of alkyl halides is 3. The maximum Gasteiger partial charge on any atom is 0.471 e. The number of halogens is 3. The molecule has 18 heavy (non-hydrogen) atoms. The van der Waals surface area contributed by atoms with Crippen molar-refractivity contribution in [2.75, 3.05) is 12.4 Å². The number of hydrogen-bond acceptors (Lipinski definition) is 2. The van der Waals surface area contributed by atoms with Crippen LogP contribution in [0.3, 0.4) is 0 Å². The molecule has 0 radical (unpaired) electrons. The Morgan fingerprint density at radius 3 is 2.39 bits per heavy atom. The van der Waals surface area contributed by atoms with Gasteiger partial charge < -0.3 is 10.6 Å². The van der Waals surface area contributed by atoms with E-state index in [0.717, 1.165) is 0 Å². The number of benzene rings is 1. The standard InChI is InChI=1S/C11H11F3N2O2/c1-15-9(17)6-7-4-2-3-5-8(7)16-10(18)11(12,13)14/h2-5H,6H2,1H3,(H,15,17)(H,16,18). The highest BCUT2D eigenvalue weighted by molar-refractivity contribution is 5.96. The molecular formula is C11H11F3N2O2. The zero-order chi connectivity index (χ0) is 13.8. The van der Waals surface area contributed by atoms with Crippen LogP contribution in [-0.4, -0.2) is 25.0 Å². The summed E-state index contributed by atoms with van der Waals surface area (Å²) in [5.74, 6) is -2.42. The molecule has 0 atom stereocenters. The average Bonchev–Trinajstić information content (AvgIpc) is 2.30. The van der Waals surface area contributed by atoms with Crippen molar-refractivity contribution in [2.24, 2.45) is 0 Å². The number of rotatable bonds is 3. The first kappa shape index (κ1) is 14.0. The molecule has 1 aromatic carbocycles. The van der Waals surface area contributed by atoms with Gasteiger partial charge in [-0.25, -0.2) is 0 Å². The molecular weight excluding hydrogens is 249 g/mol. The molecule has 0 aliphatic heterocycles. The van der Waals surface area contributed by atoms with Crippen LogP contribution >= 0.6 is 0 Å². The zero-order valence-electron chi connectivity index (χ0n) is 9.47. The highest BCUT2D eigenvalue weighted by Gasteiger charge is 2.38. The van der Waals surface area contributed by atoms with Gasteiger partial charge in [0.2, 0.25) is 5.91 Å². The summed E-state index contributed by atoms with van der Waals surface area (Å²) in [7, 11) is 1.42. The fourth-order valence-electron chi connectivity index (χ4n) is 1.25. The van der Waals surface area contributed by atoms with Crippen molar-refractivity contribution >= 4 is 17.5 Å². The summed E-state index contributed by atoms with van der Waals surface area (Å²) in [6.45, 7) is 0. The quantitative estimate of drug-likeness (QED) is 0.864. The third kappa shape index (κ3) is 3.76. The van der Waals surface area contributed by atoms with Gasteiger partial charge in [-0.15, -0.1) is 0 Å². The summed E-state index contributed by atoms with van der Waals surface area (Å²) in [5, 5.41) is 4.09. The lowest BCUT2D eigenvalue weighted by Gasteiger charge is -2.11. The SMILES string of the molecule is CNC(=O)Cc1ccccc1NC(=O)C(F)(F)F. The van der Waals surface area contributed by atoms with Gasteiger partial charge in [-0.05, 0) is 11.6 Å². The highest BCUT2D eigenvalue weighted by Crippen LogP contribution is 2.21. The first-order chi connectivity index (χ1) is 8.34. The van der Waals surface area contributed by atoms with E-state index in [0.29, 0.717) is 5.56 Å². The van der Waals surface area contributed by atoms with E-state index in [2.05, 4.69) is 5.32 Å². The van der Waals surface area contributed by atoms with Crippen molar-refractivity contribution in [3.63, 3.8) is 0 Å². The van der Waals surface area contributed by atoms with Crippen LogP contribution in [0.15, 0.2) is 24.3 Å². The highest BCUT2D eigenvalue weighted by atomic mass is 19.4.